The summed E-state index contributed by atoms with van der Waals surface area (Å²) < 4.78 is 11.2. The third-order valence-corrected chi connectivity index (χ3v) is 5.87. The molecule has 3 unspecified atom stereocenters. The zero-order chi connectivity index (χ0) is 14.7. The third kappa shape index (κ3) is 3.45. The number of rotatable bonds is 4. The quantitative estimate of drug-likeness (QED) is 0.927. The van der Waals surface area contributed by atoms with Crippen LogP contribution in [0.4, 0.5) is 0 Å². The van der Waals surface area contributed by atoms with Crippen molar-refractivity contribution in [2.75, 3.05) is 25.2 Å². The summed E-state index contributed by atoms with van der Waals surface area (Å²) in [5.41, 5.74) is 2.16. The molecule has 2 aliphatic rings. The van der Waals surface area contributed by atoms with Crippen LogP contribution in [0.3, 0.4) is 0 Å². The lowest BCUT2D eigenvalue weighted by Crippen LogP contribution is -2.41. The highest BCUT2D eigenvalue weighted by atomic mass is 32.2. The van der Waals surface area contributed by atoms with Gasteiger partial charge in [-0.1, -0.05) is 24.3 Å². The lowest BCUT2D eigenvalue weighted by Gasteiger charge is -2.39. The van der Waals surface area contributed by atoms with Crippen LogP contribution in [-0.4, -0.2) is 35.9 Å². The fourth-order valence-electron chi connectivity index (χ4n) is 3.50. The van der Waals surface area contributed by atoms with Crippen LogP contribution >= 0.6 is 11.8 Å². The normalized spacial score (nSPS) is 30.7. The van der Waals surface area contributed by atoms with E-state index >= 15 is 0 Å². The standard InChI is InChI=1S/C17H24O3S/c1-19-11-13-3-2-4-14(9-13)16(18)15-5-7-20-17(10-15)6-8-21-12-17/h2-4,9,15-16,18H,5-8,10-12H2,1H3. The van der Waals surface area contributed by atoms with Gasteiger partial charge < -0.3 is 14.6 Å². The molecule has 116 valence electrons. The number of ether oxygens (including phenoxy) is 2. The molecule has 2 heterocycles. The highest BCUT2D eigenvalue weighted by Gasteiger charge is 2.42. The van der Waals surface area contributed by atoms with Crippen molar-refractivity contribution in [1.82, 2.24) is 0 Å². The molecule has 21 heavy (non-hydrogen) atoms. The Morgan fingerprint density at radius 2 is 2.43 bits per heavy atom. The maximum atomic E-state index is 10.8. The summed E-state index contributed by atoms with van der Waals surface area (Å²) in [7, 11) is 1.70. The summed E-state index contributed by atoms with van der Waals surface area (Å²) in [5, 5.41) is 10.8. The van der Waals surface area contributed by atoms with Crippen molar-refractivity contribution in [2.24, 2.45) is 5.92 Å². The van der Waals surface area contributed by atoms with Crippen LogP contribution in [0.2, 0.25) is 0 Å². The number of aliphatic hydroxyl groups is 1. The van der Waals surface area contributed by atoms with Crippen molar-refractivity contribution in [3.63, 3.8) is 0 Å². The van der Waals surface area contributed by atoms with Gasteiger partial charge in [0.25, 0.3) is 0 Å². The highest BCUT2D eigenvalue weighted by Crippen LogP contribution is 2.44. The molecule has 0 bridgehead atoms. The molecular formula is C17H24O3S. The molecule has 0 saturated carbocycles. The smallest absolute Gasteiger partial charge is 0.0820 e. The van der Waals surface area contributed by atoms with E-state index in [2.05, 4.69) is 6.07 Å². The Bertz CT molecular complexity index is 471. The molecular weight excluding hydrogens is 284 g/mol. The van der Waals surface area contributed by atoms with E-state index in [4.69, 9.17) is 9.47 Å². The Kier molecular flexibility index (Phi) is 4.89. The molecule has 0 amide bonds. The zero-order valence-corrected chi connectivity index (χ0v) is 13.4. The molecule has 0 radical (unpaired) electrons. The van der Waals surface area contributed by atoms with Crippen molar-refractivity contribution < 1.29 is 14.6 Å². The van der Waals surface area contributed by atoms with Gasteiger partial charge in [0, 0.05) is 19.5 Å². The van der Waals surface area contributed by atoms with Gasteiger partial charge in [-0.05, 0) is 42.1 Å². The first kappa shape index (κ1) is 15.3. The minimum atomic E-state index is -0.395. The summed E-state index contributed by atoms with van der Waals surface area (Å²) in [6, 6.07) is 8.14. The van der Waals surface area contributed by atoms with Crippen molar-refractivity contribution in [3.8, 4) is 0 Å². The molecule has 2 saturated heterocycles. The largest absolute Gasteiger partial charge is 0.388 e. The van der Waals surface area contributed by atoms with Crippen LogP contribution in [-0.2, 0) is 16.1 Å². The maximum absolute atomic E-state index is 10.8. The van der Waals surface area contributed by atoms with Crippen LogP contribution in [0.15, 0.2) is 24.3 Å². The van der Waals surface area contributed by atoms with Crippen LogP contribution < -0.4 is 0 Å². The molecule has 1 aromatic carbocycles. The first-order chi connectivity index (χ1) is 10.2. The van der Waals surface area contributed by atoms with E-state index in [1.165, 1.54) is 5.75 Å². The van der Waals surface area contributed by atoms with Gasteiger partial charge in [0.05, 0.1) is 18.3 Å². The summed E-state index contributed by atoms with van der Waals surface area (Å²) in [6.45, 7) is 1.37. The number of benzene rings is 1. The molecule has 4 heteroatoms. The van der Waals surface area contributed by atoms with Gasteiger partial charge in [-0.2, -0.15) is 11.8 Å². The van der Waals surface area contributed by atoms with E-state index in [1.54, 1.807) is 7.11 Å². The number of methoxy groups -OCH3 is 1. The predicted molar refractivity (Wildman–Crippen MR) is 85.5 cm³/mol. The van der Waals surface area contributed by atoms with Crippen molar-refractivity contribution in [3.05, 3.63) is 35.4 Å². The SMILES string of the molecule is COCc1cccc(C(O)C2CCOC3(CCSC3)C2)c1. The molecule has 1 aromatic rings. The van der Waals surface area contributed by atoms with Gasteiger partial charge in [0.15, 0.2) is 0 Å². The van der Waals surface area contributed by atoms with Gasteiger partial charge in [0.1, 0.15) is 0 Å². The van der Waals surface area contributed by atoms with Crippen LogP contribution in [0.1, 0.15) is 36.5 Å². The molecule has 1 spiro atoms. The summed E-state index contributed by atoms with van der Waals surface area (Å²) in [4.78, 5) is 0. The Labute approximate surface area is 131 Å². The molecule has 2 fully saturated rings. The molecule has 3 atom stereocenters. The number of hydrogen-bond donors (Lipinski definition) is 1. The van der Waals surface area contributed by atoms with E-state index in [-0.39, 0.29) is 5.60 Å². The first-order valence-electron chi connectivity index (χ1n) is 7.70. The second kappa shape index (κ2) is 6.69. The lowest BCUT2D eigenvalue weighted by molar-refractivity contribution is -0.102. The zero-order valence-electron chi connectivity index (χ0n) is 12.6. The van der Waals surface area contributed by atoms with Crippen LogP contribution in [0, 0.1) is 5.92 Å². The van der Waals surface area contributed by atoms with Gasteiger partial charge in [-0.15, -0.1) is 0 Å². The van der Waals surface area contributed by atoms with Crippen molar-refractivity contribution in [1.29, 1.82) is 0 Å². The first-order valence-corrected chi connectivity index (χ1v) is 8.85. The average Bonchev–Trinajstić information content (AvgIpc) is 2.95. The van der Waals surface area contributed by atoms with E-state index in [9.17, 15) is 5.11 Å². The van der Waals surface area contributed by atoms with E-state index in [0.29, 0.717) is 12.5 Å². The number of thioether (sulfide) groups is 1. The van der Waals surface area contributed by atoms with Gasteiger partial charge in [0.2, 0.25) is 0 Å². The molecule has 3 nitrogen and oxygen atoms in total. The lowest BCUT2D eigenvalue weighted by atomic mass is 9.80. The fourth-order valence-corrected chi connectivity index (χ4v) is 4.88. The topological polar surface area (TPSA) is 38.7 Å². The van der Waals surface area contributed by atoms with Crippen LogP contribution in [0.5, 0.6) is 0 Å². The maximum Gasteiger partial charge on any atom is 0.0820 e. The summed E-state index contributed by atoms with van der Waals surface area (Å²) >= 11 is 1.97. The third-order valence-electron chi connectivity index (χ3n) is 4.65. The number of aliphatic hydroxyl groups excluding tert-OH is 1. The Morgan fingerprint density at radius 1 is 1.52 bits per heavy atom. The average molecular weight is 308 g/mol. The molecule has 1 N–H and O–H groups in total. The number of hydrogen-bond acceptors (Lipinski definition) is 4. The Morgan fingerprint density at radius 3 is 3.19 bits per heavy atom. The van der Waals surface area contributed by atoms with Crippen LogP contribution in [0.25, 0.3) is 0 Å². The predicted octanol–water partition coefficient (Wildman–Crippen LogP) is 3.17. The second-order valence-corrected chi connectivity index (χ2v) is 7.31. The fraction of sp³-hybridized carbons (Fsp3) is 0.647. The summed E-state index contributed by atoms with van der Waals surface area (Å²) in [6.07, 6.45) is 2.66. The minimum absolute atomic E-state index is 0.0265. The van der Waals surface area contributed by atoms with E-state index in [0.717, 1.165) is 42.7 Å². The van der Waals surface area contributed by atoms with Crippen molar-refractivity contribution >= 4 is 11.8 Å². The van der Waals surface area contributed by atoms with E-state index < -0.39 is 6.10 Å². The molecule has 0 aliphatic carbocycles. The monoisotopic (exact) mass is 308 g/mol. The van der Waals surface area contributed by atoms with E-state index in [1.807, 2.05) is 30.0 Å². The Balaban J connectivity index is 1.72. The molecule has 2 aliphatic heterocycles. The van der Waals surface area contributed by atoms with Gasteiger partial charge in [-0.25, -0.2) is 0 Å². The minimum Gasteiger partial charge on any atom is -0.388 e. The highest BCUT2D eigenvalue weighted by molar-refractivity contribution is 7.99. The Hall–Kier alpha value is -0.550. The van der Waals surface area contributed by atoms with Crippen molar-refractivity contribution in [2.45, 2.75) is 37.6 Å². The molecule has 3 rings (SSSR count). The van der Waals surface area contributed by atoms with Gasteiger partial charge >= 0.3 is 0 Å². The van der Waals surface area contributed by atoms with Gasteiger partial charge in [-0.3, -0.25) is 0 Å². The summed E-state index contributed by atoms with van der Waals surface area (Å²) in [5.74, 6) is 2.57. The molecule has 0 aromatic heterocycles. The second-order valence-electron chi connectivity index (χ2n) is 6.21.